The van der Waals surface area contributed by atoms with Crippen molar-refractivity contribution in [3.63, 3.8) is 0 Å². The number of nitrogens with zero attached hydrogens (tertiary/aromatic N) is 2. The fourth-order valence-corrected chi connectivity index (χ4v) is 5.69. The van der Waals surface area contributed by atoms with Crippen molar-refractivity contribution in [2.75, 3.05) is 5.32 Å². The van der Waals surface area contributed by atoms with Crippen molar-refractivity contribution in [3.05, 3.63) is 32.7 Å². The molecule has 1 aliphatic carbocycles. The highest BCUT2D eigenvalue weighted by Gasteiger charge is 2.27. The molecule has 0 aliphatic heterocycles. The Balaban J connectivity index is 1.87. The second-order valence-corrected chi connectivity index (χ2v) is 9.73. The fraction of sp³-hybridized carbons (Fsp3) is 0.438. The number of halogens is 2. The SMILES string of the molecule is CCc1nnc(NC(=O)c2cc(S(=O)(=O)NC3CCCC3)c(Cl)cc2Cl)s1. The number of anilines is 1. The molecule has 1 heterocycles. The Labute approximate surface area is 171 Å². The van der Waals surface area contributed by atoms with Gasteiger partial charge in [0.1, 0.15) is 9.90 Å². The van der Waals surface area contributed by atoms with E-state index in [0.29, 0.717) is 11.6 Å². The molecule has 0 atom stereocenters. The van der Waals surface area contributed by atoms with Crippen molar-refractivity contribution in [1.29, 1.82) is 0 Å². The molecule has 0 spiro atoms. The van der Waals surface area contributed by atoms with Crippen molar-refractivity contribution in [1.82, 2.24) is 14.9 Å². The topological polar surface area (TPSA) is 101 Å². The predicted molar refractivity (Wildman–Crippen MR) is 106 cm³/mol. The molecule has 3 rings (SSSR count). The van der Waals surface area contributed by atoms with Gasteiger partial charge in [0.15, 0.2) is 0 Å². The van der Waals surface area contributed by atoms with Gasteiger partial charge in [0.2, 0.25) is 15.2 Å². The maximum Gasteiger partial charge on any atom is 0.259 e. The number of aryl methyl sites for hydroxylation is 1. The average molecular weight is 449 g/mol. The van der Waals surface area contributed by atoms with E-state index in [1.165, 1.54) is 23.5 Å². The Morgan fingerprint density at radius 3 is 2.56 bits per heavy atom. The maximum absolute atomic E-state index is 12.7. The van der Waals surface area contributed by atoms with Crippen molar-refractivity contribution in [2.24, 2.45) is 0 Å². The van der Waals surface area contributed by atoms with Gasteiger partial charge in [-0.25, -0.2) is 13.1 Å². The van der Waals surface area contributed by atoms with Crippen molar-refractivity contribution >= 4 is 55.6 Å². The summed E-state index contributed by atoms with van der Waals surface area (Å²) in [5.74, 6) is -0.576. The number of sulfonamides is 1. The molecule has 2 aromatic rings. The van der Waals surface area contributed by atoms with Gasteiger partial charge in [0.25, 0.3) is 5.91 Å². The predicted octanol–water partition coefficient (Wildman–Crippen LogP) is 3.88. The van der Waals surface area contributed by atoms with Gasteiger partial charge in [-0.3, -0.25) is 10.1 Å². The molecule has 1 aliphatic rings. The van der Waals surface area contributed by atoms with E-state index in [1.54, 1.807) is 0 Å². The van der Waals surface area contributed by atoms with E-state index < -0.39 is 15.9 Å². The van der Waals surface area contributed by atoms with Gasteiger partial charge >= 0.3 is 0 Å². The fourth-order valence-electron chi connectivity index (χ4n) is 2.85. The van der Waals surface area contributed by atoms with Gasteiger partial charge in [-0.15, -0.1) is 10.2 Å². The van der Waals surface area contributed by atoms with Crippen LogP contribution in [0.4, 0.5) is 5.13 Å². The summed E-state index contributed by atoms with van der Waals surface area (Å²) in [5.41, 5.74) is 0.00103. The monoisotopic (exact) mass is 448 g/mol. The Bertz CT molecular complexity index is 957. The summed E-state index contributed by atoms with van der Waals surface area (Å²) in [4.78, 5) is 12.4. The summed E-state index contributed by atoms with van der Waals surface area (Å²) in [7, 11) is -3.87. The van der Waals surface area contributed by atoms with Crippen LogP contribution in [0.25, 0.3) is 0 Å². The van der Waals surface area contributed by atoms with E-state index in [9.17, 15) is 13.2 Å². The van der Waals surface area contributed by atoms with Crippen LogP contribution >= 0.6 is 34.5 Å². The van der Waals surface area contributed by atoms with Crippen molar-refractivity contribution in [2.45, 2.75) is 50.0 Å². The van der Waals surface area contributed by atoms with Gasteiger partial charge in [0, 0.05) is 6.04 Å². The minimum atomic E-state index is -3.87. The Morgan fingerprint density at radius 2 is 1.93 bits per heavy atom. The summed E-state index contributed by atoms with van der Waals surface area (Å²) < 4.78 is 28.1. The van der Waals surface area contributed by atoms with Gasteiger partial charge in [-0.1, -0.05) is 54.3 Å². The number of hydrogen-bond acceptors (Lipinski definition) is 6. The van der Waals surface area contributed by atoms with Crippen LogP contribution in [0.1, 0.15) is 48.0 Å². The zero-order valence-corrected chi connectivity index (χ0v) is 17.6. The molecule has 7 nitrogen and oxygen atoms in total. The Hall–Kier alpha value is -1.26. The van der Waals surface area contributed by atoms with Crippen LogP contribution in [0.5, 0.6) is 0 Å². The first-order chi connectivity index (χ1) is 12.8. The molecule has 1 fully saturated rings. The molecular weight excluding hydrogens is 431 g/mol. The van der Waals surface area contributed by atoms with Gasteiger partial charge in [-0.2, -0.15) is 0 Å². The van der Waals surface area contributed by atoms with E-state index in [1.807, 2.05) is 6.92 Å². The Kier molecular flexibility index (Phi) is 6.37. The zero-order valence-electron chi connectivity index (χ0n) is 14.5. The molecule has 1 aromatic carbocycles. The highest BCUT2D eigenvalue weighted by atomic mass is 35.5. The lowest BCUT2D eigenvalue weighted by molar-refractivity contribution is 0.102. The van der Waals surface area contributed by atoms with E-state index in [-0.39, 0.29) is 26.5 Å². The van der Waals surface area contributed by atoms with Crippen LogP contribution in [-0.2, 0) is 16.4 Å². The number of amides is 1. The number of aromatic nitrogens is 2. The molecule has 1 aromatic heterocycles. The third-order valence-electron chi connectivity index (χ3n) is 4.22. The number of carbonyl (C=O) groups is 1. The van der Waals surface area contributed by atoms with Crippen LogP contribution in [0.2, 0.25) is 10.0 Å². The van der Waals surface area contributed by atoms with E-state index in [4.69, 9.17) is 23.2 Å². The summed E-state index contributed by atoms with van der Waals surface area (Å²) in [6, 6.07) is 2.34. The molecule has 1 saturated carbocycles. The standard InChI is InChI=1S/C16H18Cl2N4O3S2/c1-2-14-20-21-16(26-14)19-15(23)10-7-13(12(18)8-11(10)17)27(24,25)22-9-5-3-4-6-9/h7-9,22H,2-6H2,1H3,(H,19,21,23). The first-order valence-electron chi connectivity index (χ1n) is 8.45. The molecule has 27 heavy (non-hydrogen) atoms. The number of nitrogens with one attached hydrogen (secondary N) is 2. The third-order valence-corrected chi connectivity index (χ3v) is 7.50. The molecule has 0 unspecified atom stereocenters. The molecular formula is C16H18Cl2N4O3S2. The average Bonchev–Trinajstić information content (AvgIpc) is 3.25. The lowest BCUT2D eigenvalue weighted by atomic mass is 10.2. The lowest BCUT2D eigenvalue weighted by Crippen LogP contribution is -2.33. The highest BCUT2D eigenvalue weighted by Crippen LogP contribution is 2.30. The van der Waals surface area contributed by atoms with Gasteiger partial charge in [0.05, 0.1) is 15.6 Å². The lowest BCUT2D eigenvalue weighted by Gasteiger charge is -2.15. The number of carbonyl (C=O) groups excluding carboxylic acids is 1. The normalized spacial score (nSPS) is 15.2. The molecule has 1 amide bonds. The first kappa shape index (κ1) is 20.5. The molecule has 0 saturated heterocycles. The van der Waals surface area contributed by atoms with Crippen LogP contribution in [0, 0.1) is 0 Å². The summed E-state index contributed by atoms with van der Waals surface area (Å²) in [6.07, 6.45) is 4.24. The first-order valence-corrected chi connectivity index (χ1v) is 11.5. The second kappa shape index (κ2) is 8.40. The molecule has 0 radical (unpaired) electrons. The smallest absolute Gasteiger partial charge is 0.259 e. The minimum Gasteiger partial charge on any atom is -0.296 e. The highest BCUT2D eigenvalue weighted by molar-refractivity contribution is 7.89. The van der Waals surface area contributed by atoms with E-state index >= 15 is 0 Å². The van der Waals surface area contributed by atoms with Crippen LogP contribution < -0.4 is 10.0 Å². The maximum atomic E-state index is 12.7. The number of hydrogen-bond donors (Lipinski definition) is 2. The summed E-state index contributed by atoms with van der Waals surface area (Å²) in [5, 5.41) is 11.5. The van der Waals surface area contributed by atoms with E-state index in [0.717, 1.165) is 30.7 Å². The van der Waals surface area contributed by atoms with Crippen LogP contribution in [-0.4, -0.2) is 30.6 Å². The minimum absolute atomic E-state index is 0.00103. The van der Waals surface area contributed by atoms with Gasteiger partial charge in [-0.05, 0) is 31.4 Å². The molecule has 11 heteroatoms. The van der Waals surface area contributed by atoms with Crippen molar-refractivity contribution in [3.8, 4) is 0 Å². The number of rotatable bonds is 6. The van der Waals surface area contributed by atoms with Crippen LogP contribution in [0.15, 0.2) is 17.0 Å². The Morgan fingerprint density at radius 1 is 1.22 bits per heavy atom. The quantitative estimate of drug-likeness (QED) is 0.697. The van der Waals surface area contributed by atoms with E-state index in [2.05, 4.69) is 20.2 Å². The largest absolute Gasteiger partial charge is 0.296 e. The third kappa shape index (κ3) is 4.78. The number of benzene rings is 1. The summed E-state index contributed by atoms with van der Waals surface area (Å²) >= 11 is 13.5. The van der Waals surface area contributed by atoms with Crippen LogP contribution in [0.3, 0.4) is 0 Å². The molecule has 146 valence electrons. The molecule has 0 bridgehead atoms. The summed E-state index contributed by atoms with van der Waals surface area (Å²) in [6.45, 7) is 1.93. The van der Waals surface area contributed by atoms with Crippen molar-refractivity contribution < 1.29 is 13.2 Å². The second-order valence-electron chi connectivity index (χ2n) is 6.17. The van der Waals surface area contributed by atoms with Gasteiger partial charge < -0.3 is 0 Å². The molecule has 2 N–H and O–H groups in total. The zero-order chi connectivity index (χ0) is 19.6.